The largest absolute Gasteiger partial charge is 0.497 e. The van der Waals surface area contributed by atoms with Crippen LogP contribution in [0.15, 0.2) is 78.2 Å². The first-order chi connectivity index (χ1) is 17.6. The van der Waals surface area contributed by atoms with Gasteiger partial charge < -0.3 is 14.5 Å². The zero-order valence-electron chi connectivity index (χ0n) is 19.7. The molecule has 36 heavy (non-hydrogen) atoms. The van der Waals surface area contributed by atoms with Crippen molar-refractivity contribution in [2.24, 2.45) is 0 Å². The maximum atomic E-state index is 13.1. The standard InChI is InChI=1S/C26H25ClN6O2S/c1-35-21-10-8-20(9-11-21)31-13-15-32(16-14-31)24(34)18-36-26-30-29-25(19-5-4-12-28-17-19)33(26)23-7-3-2-6-22(23)27/h2-12,17H,13-16,18H2,1H3. The maximum absolute atomic E-state index is 13.1. The number of nitrogens with zero attached hydrogens (tertiary/aromatic N) is 6. The summed E-state index contributed by atoms with van der Waals surface area (Å²) in [6.45, 7) is 2.90. The summed E-state index contributed by atoms with van der Waals surface area (Å²) < 4.78 is 7.13. The molecule has 10 heteroatoms. The maximum Gasteiger partial charge on any atom is 0.233 e. The summed E-state index contributed by atoms with van der Waals surface area (Å²) in [6, 6.07) is 19.3. The molecular weight excluding hydrogens is 496 g/mol. The fraction of sp³-hybridized carbons (Fsp3) is 0.231. The van der Waals surface area contributed by atoms with Crippen LogP contribution in [-0.4, -0.2) is 69.6 Å². The van der Waals surface area contributed by atoms with Crippen LogP contribution < -0.4 is 9.64 Å². The van der Waals surface area contributed by atoms with E-state index in [1.807, 2.05) is 70.1 Å². The monoisotopic (exact) mass is 520 g/mol. The number of hydrogen-bond donors (Lipinski definition) is 0. The van der Waals surface area contributed by atoms with E-state index in [1.165, 1.54) is 11.8 Å². The molecule has 1 aliphatic rings. The average Bonchev–Trinajstić information content (AvgIpc) is 3.36. The zero-order valence-corrected chi connectivity index (χ0v) is 21.3. The van der Waals surface area contributed by atoms with Crippen molar-refractivity contribution >= 4 is 35.0 Å². The van der Waals surface area contributed by atoms with Gasteiger partial charge in [-0.2, -0.15) is 0 Å². The molecule has 5 rings (SSSR count). The Morgan fingerprint density at radius 1 is 1.00 bits per heavy atom. The molecule has 0 N–H and O–H groups in total. The number of ether oxygens (including phenoxy) is 1. The molecule has 2 aromatic heterocycles. The van der Waals surface area contributed by atoms with Crippen molar-refractivity contribution in [3.63, 3.8) is 0 Å². The number of halogens is 1. The van der Waals surface area contributed by atoms with Crippen LogP contribution in [-0.2, 0) is 4.79 Å². The first-order valence-corrected chi connectivity index (χ1v) is 12.9. The number of benzene rings is 2. The highest BCUT2D eigenvalue weighted by molar-refractivity contribution is 7.99. The Labute approximate surface area is 218 Å². The van der Waals surface area contributed by atoms with Crippen molar-refractivity contribution in [3.8, 4) is 22.8 Å². The molecule has 0 aliphatic carbocycles. The SMILES string of the molecule is COc1ccc(N2CCN(C(=O)CSc3nnc(-c4cccnc4)n3-c3ccccc3Cl)CC2)cc1. The van der Waals surface area contributed by atoms with Crippen molar-refractivity contribution in [1.82, 2.24) is 24.6 Å². The minimum absolute atomic E-state index is 0.0750. The predicted octanol–water partition coefficient (Wildman–Crippen LogP) is 4.43. The molecule has 2 aromatic carbocycles. The Bertz CT molecular complexity index is 1320. The summed E-state index contributed by atoms with van der Waals surface area (Å²) in [5.41, 5.74) is 2.71. The molecule has 184 valence electrons. The number of para-hydroxylation sites is 1. The van der Waals surface area contributed by atoms with Crippen LogP contribution in [0.4, 0.5) is 5.69 Å². The van der Waals surface area contributed by atoms with E-state index in [0.29, 0.717) is 29.1 Å². The molecule has 8 nitrogen and oxygen atoms in total. The Morgan fingerprint density at radius 2 is 1.78 bits per heavy atom. The van der Waals surface area contributed by atoms with Gasteiger partial charge in [-0.05, 0) is 48.5 Å². The van der Waals surface area contributed by atoms with Gasteiger partial charge in [-0.15, -0.1) is 10.2 Å². The summed E-state index contributed by atoms with van der Waals surface area (Å²) in [6.07, 6.45) is 3.45. The molecule has 0 unspecified atom stereocenters. The molecule has 0 radical (unpaired) electrons. The number of piperazine rings is 1. The van der Waals surface area contributed by atoms with Gasteiger partial charge in [-0.3, -0.25) is 14.3 Å². The lowest BCUT2D eigenvalue weighted by atomic mass is 10.2. The van der Waals surface area contributed by atoms with E-state index >= 15 is 0 Å². The molecular formula is C26H25ClN6O2S. The highest BCUT2D eigenvalue weighted by atomic mass is 35.5. The van der Waals surface area contributed by atoms with E-state index < -0.39 is 0 Å². The van der Waals surface area contributed by atoms with Gasteiger partial charge in [-0.25, -0.2) is 0 Å². The summed E-state index contributed by atoms with van der Waals surface area (Å²) in [4.78, 5) is 21.5. The van der Waals surface area contributed by atoms with Gasteiger partial charge in [-0.1, -0.05) is 35.5 Å². The van der Waals surface area contributed by atoms with Crippen molar-refractivity contribution < 1.29 is 9.53 Å². The van der Waals surface area contributed by atoms with Crippen LogP contribution >= 0.6 is 23.4 Å². The third kappa shape index (κ3) is 5.17. The number of amides is 1. The zero-order chi connectivity index (χ0) is 24.9. The van der Waals surface area contributed by atoms with Crippen LogP contribution in [0.5, 0.6) is 5.75 Å². The van der Waals surface area contributed by atoms with Crippen molar-refractivity contribution in [2.75, 3.05) is 43.9 Å². The average molecular weight is 521 g/mol. The van der Waals surface area contributed by atoms with E-state index in [4.69, 9.17) is 16.3 Å². The van der Waals surface area contributed by atoms with Gasteiger partial charge in [0, 0.05) is 49.8 Å². The minimum atomic E-state index is 0.0750. The molecule has 3 heterocycles. The number of thioether (sulfide) groups is 1. The normalized spacial score (nSPS) is 13.6. The van der Waals surface area contributed by atoms with E-state index in [2.05, 4.69) is 20.1 Å². The van der Waals surface area contributed by atoms with Crippen LogP contribution in [0, 0.1) is 0 Å². The van der Waals surface area contributed by atoms with Gasteiger partial charge in [0.25, 0.3) is 0 Å². The highest BCUT2D eigenvalue weighted by Gasteiger charge is 2.24. The first kappa shape index (κ1) is 24.1. The first-order valence-electron chi connectivity index (χ1n) is 11.5. The third-order valence-electron chi connectivity index (χ3n) is 6.04. The highest BCUT2D eigenvalue weighted by Crippen LogP contribution is 2.31. The minimum Gasteiger partial charge on any atom is -0.497 e. The lowest BCUT2D eigenvalue weighted by Gasteiger charge is -2.36. The molecule has 0 atom stereocenters. The van der Waals surface area contributed by atoms with Gasteiger partial charge >= 0.3 is 0 Å². The Kier molecular flexibility index (Phi) is 7.39. The molecule has 0 bridgehead atoms. The number of rotatable bonds is 7. The molecule has 1 aliphatic heterocycles. The van der Waals surface area contributed by atoms with Crippen LogP contribution in [0.2, 0.25) is 5.02 Å². The Morgan fingerprint density at radius 3 is 2.47 bits per heavy atom. The van der Waals surface area contributed by atoms with Gasteiger partial charge in [0.1, 0.15) is 5.75 Å². The van der Waals surface area contributed by atoms with E-state index in [-0.39, 0.29) is 11.7 Å². The summed E-state index contributed by atoms with van der Waals surface area (Å²) >= 11 is 7.89. The Balaban J connectivity index is 1.27. The van der Waals surface area contributed by atoms with Crippen LogP contribution in [0.1, 0.15) is 0 Å². The number of carbonyl (C=O) groups excluding carboxylic acids is 1. The fourth-order valence-corrected chi connectivity index (χ4v) is 5.19. The summed E-state index contributed by atoms with van der Waals surface area (Å²) in [5.74, 6) is 1.80. The number of carbonyl (C=O) groups is 1. The molecule has 1 amide bonds. The molecule has 4 aromatic rings. The van der Waals surface area contributed by atoms with Crippen LogP contribution in [0.25, 0.3) is 17.1 Å². The van der Waals surface area contributed by atoms with E-state index in [1.54, 1.807) is 19.5 Å². The fourth-order valence-electron chi connectivity index (χ4n) is 4.12. The molecule has 1 saturated heterocycles. The predicted molar refractivity (Wildman–Crippen MR) is 142 cm³/mol. The quantitative estimate of drug-likeness (QED) is 0.333. The van der Waals surface area contributed by atoms with Crippen molar-refractivity contribution in [3.05, 3.63) is 78.1 Å². The van der Waals surface area contributed by atoms with E-state index in [0.717, 1.165) is 35.8 Å². The topological polar surface area (TPSA) is 76.4 Å². The van der Waals surface area contributed by atoms with Gasteiger partial charge in [0.05, 0.1) is 23.6 Å². The number of aromatic nitrogens is 4. The van der Waals surface area contributed by atoms with Crippen LogP contribution in [0.3, 0.4) is 0 Å². The van der Waals surface area contributed by atoms with E-state index in [9.17, 15) is 4.79 Å². The smallest absolute Gasteiger partial charge is 0.233 e. The summed E-state index contributed by atoms with van der Waals surface area (Å²) in [7, 11) is 1.66. The molecule has 1 fully saturated rings. The van der Waals surface area contributed by atoms with Crippen molar-refractivity contribution in [2.45, 2.75) is 5.16 Å². The molecule has 0 saturated carbocycles. The Hall–Kier alpha value is -3.56. The second-order valence-electron chi connectivity index (χ2n) is 8.19. The third-order valence-corrected chi connectivity index (χ3v) is 7.27. The second-order valence-corrected chi connectivity index (χ2v) is 9.54. The number of hydrogen-bond acceptors (Lipinski definition) is 7. The van der Waals surface area contributed by atoms with Gasteiger partial charge in [0.2, 0.25) is 5.91 Å². The lowest BCUT2D eigenvalue weighted by Crippen LogP contribution is -2.49. The molecule has 0 spiro atoms. The lowest BCUT2D eigenvalue weighted by molar-refractivity contribution is -0.128. The van der Waals surface area contributed by atoms with Gasteiger partial charge in [0.15, 0.2) is 11.0 Å². The summed E-state index contributed by atoms with van der Waals surface area (Å²) in [5, 5.41) is 9.97. The van der Waals surface area contributed by atoms with Crippen molar-refractivity contribution in [1.29, 1.82) is 0 Å². The number of pyridine rings is 1. The number of anilines is 1. The second kappa shape index (κ2) is 11.0. The number of methoxy groups -OCH3 is 1.